The van der Waals surface area contributed by atoms with Gasteiger partial charge in [-0.25, -0.2) is 0 Å². The van der Waals surface area contributed by atoms with Gasteiger partial charge in [0.2, 0.25) is 0 Å². The lowest BCUT2D eigenvalue weighted by Crippen LogP contribution is -2.48. The fourth-order valence-corrected chi connectivity index (χ4v) is 20.2. The van der Waals surface area contributed by atoms with Crippen LogP contribution < -0.4 is 50.2 Å². The quantitative estimate of drug-likeness (QED) is 0.0595. The van der Waals surface area contributed by atoms with Gasteiger partial charge >= 0.3 is 17.1 Å². The van der Waals surface area contributed by atoms with E-state index in [9.17, 15) is 0 Å². The van der Waals surface area contributed by atoms with Crippen molar-refractivity contribution in [3.8, 4) is 34.1 Å². The molecular formula is C62H80O6P2Si2. The molecule has 0 heterocycles. The Hall–Kier alpha value is -4.27. The van der Waals surface area contributed by atoms with E-state index in [4.69, 9.17) is 27.2 Å². The molecule has 382 valence electrons. The fraction of sp³-hybridized carbons (Fsp3) is 0.419. The molecule has 2 aliphatic carbocycles. The first-order valence-electron chi connectivity index (χ1n) is 26.5. The molecule has 2 aliphatic rings. The van der Waals surface area contributed by atoms with Crippen LogP contribution in [0.15, 0.2) is 146 Å². The predicted molar refractivity (Wildman–Crippen MR) is 311 cm³/mol. The third-order valence-electron chi connectivity index (χ3n) is 14.9. The SMILES string of the molecule is COc1ccc(O[Si](C)(C)O[C@@H]2C[C@H](C)CC[C@H]2C(C)C)c(P(c2ccccc2)c2ccccc2)c1-c1c(OC)ccc(O[Si](C)(C)O[C@@H]2C[C@H](C)CC[C@H]2C(C)C)c1P(c1ccccc1)c1ccccc1. The van der Waals surface area contributed by atoms with Crippen LogP contribution in [-0.4, -0.2) is 43.5 Å². The summed E-state index contributed by atoms with van der Waals surface area (Å²) < 4.78 is 43.5. The molecule has 72 heavy (non-hydrogen) atoms. The summed E-state index contributed by atoms with van der Waals surface area (Å²) in [5, 5.41) is 6.90. The van der Waals surface area contributed by atoms with Gasteiger partial charge in [0.25, 0.3) is 0 Å². The van der Waals surface area contributed by atoms with Crippen molar-refractivity contribution in [2.45, 2.75) is 118 Å². The highest BCUT2D eigenvalue weighted by molar-refractivity contribution is 7.81. The molecule has 6 aromatic rings. The molecule has 0 aromatic heterocycles. The van der Waals surface area contributed by atoms with Crippen molar-refractivity contribution >= 4 is 64.8 Å². The Balaban J connectivity index is 1.44. The zero-order valence-electron chi connectivity index (χ0n) is 45.1. The molecule has 2 saturated carbocycles. The summed E-state index contributed by atoms with van der Waals surface area (Å²) in [6, 6.07) is 52.3. The number of hydrogen-bond acceptors (Lipinski definition) is 6. The monoisotopic (exact) mass is 1040 g/mol. The molecule has 0 unspecified atom stereocenters. The van der Waals surface area contributed by atoms with Crippen molar-refractivity contribution in [1.82, 2.24) is 0 Å². The van der Waals surface area contributed by atoms with E-state index in [1.54, 1.807) is 14.2 Å². The van der Waals surface area contributed by atoms with Gasteiger partial charge in [0, 0.05) is 21.7 Å². The zero-order valence-corrected chi connectivity index (χ0v) is 48.9. The van der Waals surface area contributed by atoms with Gasteiger partial charge in [0.1, 0.15) is 23.0 Å². The normalized spacial score (nSPS) is 20.8. The first-order valence-corrected chi connectivity index (χ1v) is 34.9. The summed E-state index contributed by atoms with van der Waals surface area (Å²) in [4.78, 5) is 0. The third-order valence-corrected chi connectivity index (χ3v) is 23.1. The molecule has 6 nitrogen and oxygen atoms in total. The van der Waals surface area contributed by atoms with Gasteiger partial charge in [0.15, 0.2) is 0 Å². The summed E-state index contributed by atoms with van der Waals surface area (Å²) in [6.07, 6.45) is 7.17. The van der Waals surface area contributed by atoms with Crippen LogP contribution in [0.3, 0.4) is 0 Å². The Bertz CT molecular complexity index is 2400. The van der Waals surface area contributed by atoms with Crippen molar-refractivity contribution in [3.63, 3.8) is 0 Å². The minimum atomic E-state index is -2.92. The average Bonchev–Trinajstić information content (AvgIpc) is 3.35. The number of hydrogen-bond donors (Lipinski definition) is 0. The Labute approximate surface area is 437 Å². The van der Waals surface area contributed by atoms with E-state index in [1.807, 2.05) is 0 Å². The van der Waals surface area contributed by atoms with Crippen LogP contribution in [0.1, 0.15) is 80.1 Å². The van der Waals surface area contributed by atoms with E-state index in [2.05, 4.69) is 213 Å². The molecular weight excluding hydrogens is 959 g/mol. The van der Waals surface area contributed by atoms with Gasteiger partial charge < -0.3 is 27.2 Å². The van der Waals surface area contributed by atoms with Crippen LogP contribution in [0.25, 0.3) is 11.1 Å². The lowest BCUT2D eigenvalue weighted by molar-refractivity contribution is 0.0263. The van der Waals surface area contributed by atoms with Gasteiger partial charge in [-0.2, -0.15) is 0 Å². The second-order valence-electron chi connectivity index (χ2n) is 22.0. The molecule has 0 radical (unpaired) electrons. The maximum Gasteiger partial charge on any atom is 0.392 e. The van der Waals surface area contributed by atoms with Crippen molar-refractivity contribution in [2.24, 2.45) is 35.5 Å². The first kappa shape index (κ1) is 54.0. The Morgan fingerprint density at radius 2 is 0.708 bits per heavy atom. The average molecular weight is 1040 g/mol. The van der Waals surface area contributed by atoms with E-state index in [1.165, 1.54) is 46.9 Å². The van der Waals surface area contributed by atoms with Crippen LogP contribution in [0.4, 0.5) is 0 Å². The summed E-state index contributed by atoms with van der Waals surface area (Å²) in [6.45, 7) is 23.1. The van der Waals surface area contributed by atoms with Gasteiger partial charge in [-0.1, -0.05) is 176 Å². The van der Waals surface area contributed by atoms with Crippen LogP contribution in [0, 0.1) is 35.5 Å². The topological polar surface area (TPSA) is 55.4 Å². The summed E-state index contributed by atoms with van der Waals surface area (Å²) >= 11 is 0. The second-order valence-corrected chi connectivity index (χ2v) is 32.7. The number of rotatable bonds is 19. The lowest BCUT2D eigenvalue weighted by atomic mass is 9.75. The fourth-order valence-electron chi connectivity index (χ4n) is 11.5. The molecule has 10 heteroatoms. The minimum Gasteiger partial charge on any atom is -0.520 e. The van der Waals surface area contributed by atoms with E-state index in [0.717, 1.165) is 57.6 Å². The highest BCUT2D eigenvalue weighted by Crippen LogP contribution is 2.52. The van der Waals surface area contributed by atoms with Gasteiger partial charge in [-0.05, 0) is 149 Å². The molecule has 0 N–H and O–H groups in total. The van der Waals surface area contributed by atoms with E-state index in [-0.39, 0.29) is 12.2 Å². The van der Waals surface area contributed by atoms with Crippen molar-refractivity contribution in [2.75, 3.05) is 14.2 Å². The molecule has 0 spiro atoms. The molecule has 0 aliphatic heterocycles. The van der Waals surface area contributed by atoms with Crippen molar-refractivity contribution in [1.29, 1.82) is 0 Å². The smallest absolute Gasteiger partial charge is 0.392 e. The summed E-state index contributed by atoms with van der Waals surface area (Å²) in [5.41, 5.74) is 1.87. The molecule has 0 bridgehead atoms. The number of benzene rings is 6. The van der Waals surface area contributed by atoms with Gasteiger partial charge in [-0.3, -0.25) is 0 Å². The highest BCUT2D eigenvalue weighted by Gasteiger charge is 2.43. The lowest BCUT2D eigenvalue weighted by Gasteiger charge is -2.41. The maximum absolute atomic E-state index is 7.66. The molecule has 6 atom stereocenters. The van der Waals surface area contributed by atoms with E-state index < -0.39 is 33.0 Å². The first-order chi connectivity index (χ1) is 34.6. The second kappa shape index (κ2) is 23.9. The Morgan fingerprint density at radius 3 is 0.986 bits per heavy atom. The van der Waals surface area contributed by atoms with Crippen LogP contribution in [0.5, 0.6) is 23.0 Å². The molecule has 8 rings (SSSR count). The maximum atomic E-state index is 7.66. The van der Waals surface area contributed by atoms with Crippen LogP contribution >= 0.6 is 15.8 Å². The van der Waals surface area contributed by atoms with E-state index >= 15 is 0 Å². The zero-order chi connectivity index (χ0) is 51.2. The summed E-state index contributed by atoms with van der Waals surface area (Å²) in [7, 11) is -4.85. The van der Waals surface area contributed by atoms with Crippen molar-refractivity contribution in [3.05, 3.63) is 146 Å². The predicted octanol–water partition coefficient (Wildman–Crippen LogP) is 14.0. The Kier molecular flexibility index (Phi) is 18.0. The van der Waals surface area contributed by atoms with Crippen LogP contribution in [-0.2, 0) is 8.85 Å². The summed E-state index contributed by atoms with van der Waals surface area (Å²) in [5.74, 6) is 6.28. The molecule has 0 saturated heterocycles. The molecule has 6 aromatic carbocycles. The molecule has 2 fully saturated rings. The third kappa shape index (κ3) is 12.6. The largest absolute Gasteiger partial charge is 0.520 e. The standard InChI is InChI=1S/C62H80O6P2Si2/c1-43(2)51-35-33-45(5)41-57(51)67-71(9,10)65-55-39-37-53(63-7)59(61(55)69(47-25-17-13-18-26-47)48-27-19-14-20-28-48)60-54(64-8)38-40-56(66-72(11,12)68-58-42-46(6)34-36-52(58)44(3)4)62(60)70(49-29-21-15-22-30-49)50-31-23-16-24-32-50/h13-32,37-40,43-46,51-52,57-58H,33-36,41-42H2,1-12H3/t45-,46-,51+,52+,57-,58-/m1/s1. The Morgan fingerprint density at radius 1 is 0.417 bits per heavy atom. The van der Waals surface area contributed by atoms with Crippen LogP contribution in [0.2, 0.25) is 26.2 Å². The number of ether oxygens (including phenoxy) is 2. The van der Waals surface area contributed by atoms with Gasteiger partial charge in [0.05, 0.1) is 26.4 Å². The minimum absolute atomic E-state index is 0.129. The number of methoxy groups -OCH3 is 2. The molecule has 0 amide bonds. The van der Waals surface area contributed by atoms with Gasteiger partial charge in [-0.15, -0.1) is 0 Å². The highest BCUT2D eigenvalue weighted by atomic mass is 31.1. The van der Waals surface area contributed by atoms with Crippen molar-refractivity contribution < 1.29 is 27.2 Å². The van der Waals surface area contributed by atoms with E-state index in [0.29, 0.717) is 35.5 Å².